The van der Waals surface area contributed by atoms with Crippen molar-refractivity contribution in [1.29, 1.82) is 0 Å². The summed E-state index contributed by atoms with van der Waals surface area (Å²) in [5.41, 5.74) is 5.22. The molecule has 3 heteroatoms. The number of carbonyl (C=O) groups is 1. The minimum absolute atomic E-state index is 0.0169. The molecule has 1 aliphatic heterocycles. The minimum atomic E-state index is -0.0169. The number of rotatable bonds is 1. The van der Waals surface area contributed by atoms with E-state index >= 15 is 0 Å². The van der Waals surface area contributed by atoms with E-state index in [2.05, 4.69) is 11.5 Å². The van der Waals surface area contributed by atoms with Gasteiger partial charge in [0.25, 0.3) is 0 Å². The number of anilines is 1. The van der Waals surface area contributed by atoms with E-state index in [1.807, 2.05) is 23.2 Å². The maximum atomic E-state index is 10.9. The smallest absolute Gasteiger partial charge is 0.235 e. The number of amides is 1. The normalized spacial score (nSPS) is 14.1. The Hall–Kier alpha value is -1.51. The Labute approximate surface area is 77.3 Å². The van der Waals surface area contributed by atoms with Gasteiger partial charge in [-0.15, -0.1) is 0 Å². The van der Waals surface area contributed by atoms with Crippen LogP contribution in [-0.4, -0.2) is 12.5 Å². The summed E-state index contributed by atoms with van der Waals surface area (Å²) in [5, 5.41) is 1.90. The molecule has 0 fully saturated rings. The van der Waals surface area contributed by atoms with Crippen LogP contribution in [0.3, 0.4) is 0 Å². The molecule has 1 heterocycles. The highest BCUT2D eigenvalue weighted by atomic mass is 16.2. The van der Waals surface area contributed by atoms with E-state index in [4.69, 9.17) is 0 Å². The molecular formula is C10H12N2O. The second kappa shape index (κ2) is 3.09. The lowest BCUT2D eigenvalue weighted by molar-refractivity contribution is -0.119. The van der Waals surface area contributed by atoms with Crippen molar-refractivity contribution in [1.82, 2.24) is 5.43 Å². The Morgan fingerprint density at radius 1 is 1.46 bits per heavy atom. The average Bonchev–Trinajstić information content (AvgIpc) is 2.48. The summed E-state index contributed by atoms with van der Waals surface area (Å²) in [7, 11) is 0. The molecule has 0 aromatic heterocycles. The standard InChI is InChI=1S/C10H12N2O/c1-8(13)11-12-7-6-9-4-2-3-5-10(9)12/h2-5H,6-7H2,1H3,(H,11,13). The molecule has 0 bridgehead atoms. The van der Waals surface area contributed by atoms with Gasteiger partial charge in [0.1, 0.15) is 0 Å². The first-order valence-corrected chi connectivity index (χ1v) is 4.40. The number of benzene rings is 1. The Bertz CT molecular complexity index is 335. The number of para-hydroxylation sites is 1. The van der Waals surface area contributed by atoms with Crippen LogP contribution in [0.15, 0.2) is 24.3 Å². The van der Waals surface area contributed by atoms with Gasteiger partial charge in [0.2, 0.25) is 5.91 Å². The molecule has 0 saturated carbocycles. The fraction of sp³-hybridized carbons (Fsp3) is 0.300. The molecule has 1 amide bonds. The first-order valence-electron chi connectivity index (χ1n) is 4.40. The summed E-state index contributed by atoms with van der Waals surface area (Å²) < 4.78 is 0. The van der Waals surface area contributed by atoms with Gasteiger partial charge in [-0.25, -0.2) is 0 Å². The molecular weight excluding hydrogens is 164 g/mol. The molecule has 13 heavy (non-hydrogen) atoms. The van der Waals surface area contributed by atoms with E-state index in [1.54, 1.807) is 0 Å². The number of carbonyl (C=O) groups excluding carboxylic acids is 1. The van der Waals surface area contributed by atoms with E-state index in [-0.39, 0.29) is 5.91 Å². The molecule has 0 radical (unpaired) electrons. The third-order valence-electron chi connectivity index (χ3n) is 2.18. The number of fused-ring (bicyclic) bond motifs is 1. The summed E-state index contributed by atoms with van der Waals surface area (Å²) in [5.74, 6) is -0.0169. The van der Waals surface area contributed by atoms with Gasteiger partial charge in [-0.2, -0.15) is 0 Å². The third kappa shape index (κ3) is 1.49. The highest BCUT2D eigenvalue weighted by Gasteiger charge is 2.18. The molecule has 1 aromatic carbocycles. The van der Waals surface area contributed by atoms with E-state index in [1.165, 1.54) is 12.5 Å². The average molecular weight is 176 g/mol. The first kappa shape index (κ1) is 8.10. The van der Waals surface area contributed by atoms with Gasteiger partial charge in [-0.05, 0) is 18.1 Å². The molecule has 1 aromatic rings. The molecule has 0 spiro atoms. The zero-order valence-corrected chi connectivity index (χ0v) is 7.58. The van der Waals surface area contributed by atoms with Crippen molar-refractivity contribution < 1.29 is 4.79 Å². The van der Waals surface area contributed by atoms with Crippen LogP contribution in [-0.2, 0) is 11.2 Å². The van der Waals surface area contributed by atoms with Crippen molar-refractivity contribution in [2.24, 2.45) is 0 Å². The number of hydrogen-bond donors (Lipinski definition) is 1. The van der Waals surface area contributed by atoms with Gasteiger partial charge in [0.15, 0.2) is 0 Å². The van der Waals surface area contributed by atoms with Crippen molar-refractivity contribution in [3.8, 4) is 0 Å². The van der Waals surface area contributed by atoms with E-state index < -0.39 is 0 Å². The SMILES string of the molecule is CC(=O)NN1CCc2ccccc21. The van der Waals surface area contributed by atoms with Gasteiger partial charge >= 0.3 is 0 Å². The Morgan fingerprint density at radius 3 is 3.00 bits per heavy atom. The first-order chi connectivity index (χ1) is 6.27. The van der Waals surface area contributed by atoms with Crippen molar-refractivity contribution in [2.45, 2.75) is 13.3 Å². The van der Waals surface area contributed by atoms with Crippen LogP contribution in [0.2, 0.25) is 0 Å². The lowest BCUT2D eigenvalue weighted by Crippen LogP contribution is -2.39. The van der Waals surface area contributed by atoms with Gasteiger partial charge in [-0.3, -0.25) is 15.2 Å². The summed E-state index contributed by atoms with van der Waals surface area (Å²) in [6, 6.07) is 8.13. The van der Waals surface area contributed by atoms with Crippen LogP contribution < -0.4 is 10.4 Å². The quantitative estimate of drug-likeness (QED) is 0.695. The number of nitrogens with zero attached hydrogens (tertiary/aromatic N) is 1. The lowest BCUT2D eigenvalue weighted by Gasteiger charge is -2.18. The van der Waals surface area contributed by atoms with Crippen molar-refractivity contribution in [3.05, 3.63) is 29.8 Å². The topological polar surface area (TPSA) is 32.3 Å². The fourth-order valence-corrected chi connectivity index (χ4v) is 1.64. The van der Waals surface area contributed by atoms with E-state index in [0.717, 1.165) is 18.7 Å². The van der Waals surface area contributed by atoms with Gasteiger partial charge < -0.3 is 0 Å². The van der Waals surface area contributed by atoms with Crippen LogP contribution in [0, 0.1) is 0 Å². The monoisotopic (exact) mass is 176 g/mol. The number of nitrogens with one attached hydrogen (secondary N) is 1. The molecule has 3 nitrogen and oxygen atoms in total. The Morgan fingerprint density at radius 2 is 2.23 bits per heavy atom. The van der Waals surface area contributed by atoms with Gasteiger partial charge in [-0.1, -0.05) is 18.2 Å². The molecule has 0 unspecified atom stereocenters. The zero-order valence-electron chi connectivity index (χ0n) is 7.58. The highest BCUT2D eigenvalue weighted by molar-refractivity contribution is 5.76. The summed E-state index contributed by atoms with van der Waals surface area (Å²) in [6.07, 6.45) is 1.01. The fourth-order valence-electron chi connectivity index (χ4n) is 1.64. The molecule has 2 rings (SSSR count). The Balaban J connectivity index is 2.23. The van der Waals surface area contributed by atoms with Crippen LogP contribution >= 0.6 is 0 Å². The molecule has 1 aliphatic rings. The second-order valence-corrected chi connectivity index (χ2v) is 3.20. The predicted octanol–water partition coefficient (Wildman–Crippen LogP) is 1.10. The molecule has 0 saturated heterocycles. The van der Waals surface area contributed by atoms with Crippen molar-refractivity contribution >= 4 is 11.6 Å². The number of hydrogen-bond acceptors (Lipinski definition) is 2. The molecule has 68 valence electrons. The third-order valence-corrected chi connectivity index (χ3v) is 2.18. The van der Waals surface area contributed by atoms with Gasteiger partial charge in [0.05, 0.1) is 5.69 Å². The largest absolute Gasteiger partial charge is 0.285 e. The lowest BCUT2D eigenvalue weighted by atomic mass is 10.2. The highest BCUT2D eigenvalue weighted by Crippen LogP contribution is 2.25. The van der Waals surface area contributed by atoms with Crippen LogP contribution in [0.5, 0.6) is 0 Å². The van der Waals surface area contributed by atoms with Crippen molar-refractivity contribution in [2.75, 3.05) is 11.6 Å². The van der Waals surface area contributed by atoms with Crippen LogP contribution in [0.4, 0.5) is 5.69 Å². The summed E-state index contributed by atoms with van der Waals surface area (Å²) in [4.78, 5) is 10.9. The van der Waals surface area contributed by atoms with E-state index in [0.29, 0.717) is 0 Å². The van der Waals surface area contributed by atoms with E-state index in [9.17, 15) is 4.79 Å². The summed E-state index contributed by atoms with van der Waals surface area (Å²) in [6.45, 7) is 2.40. The molecule has 0 aliphatic carbocycles. The molecule has 1 N–H and O–H groups in total. The summed E-state index contributed by atoms with van der Waals surface area (Å²) >= 11 is 0. The van der Waals surface area contributed by atoms with Crippen molar-refractivity contribution in [3.63, 3.8) is 0 Å². The minimum Gasteiger partial charge on any atom is -0.285 e. The van der Waals surface area contributed by atoms with Crippen LogP contribution in [0.25, 0.3) is 0 Å². The number of hydrazine groups is 1. The maximum absolute atomic E-state index is 10.9. The predicted molar refractivity (Wildman–Crippen MR) is 51.3 cm³/mol. The Kier molecular flexibility index (Phi) is 1.93. The maximum Gasteiger partial charge on any atom is 0.235 e. The molecule has 0 atom stereocenters. The van der Waals surface area contributed by atoms with Gasteiger partial charge in [0, 0.05) is 13.5 Å². The second-order valence-electron chi connectivity index (χ2n) is 3.20. The zero-order chi connectivity index (χ0) is 9.26. The van der Waals surface area contributed by atoms with Crippen LogP contribution in [0.1, 0.15) is 12.5 Å².